The van der Waals surface area contributed by atoms with Gasteiger partial charge in [0.05, 0.1) is 11.5 Å². The normalized spacial score (nSPS) is 9.61. The molecule has 96 valence electrons. The fraction of sp³-hybridized carbons (Fsp3) is 0.250. The highest BCUT2D eigenvalue weighted by Crippen LogP contribution is 2.02. The third-order valence-electron chi connectivity index (χ3n) is 2.20. The lowest BCUT2D eigenvalue weighted by molar-refractivity contribution is -0.139. The number of hydrogen-bond acceptors (Lipinski definition) is 3. The third kappa shape index (κ3) is 4.92. The Hall–Kier alpha value is -1.95. The third-order valence-corrected chi connectivity index (χ3v) is 2.35. The lowest BCUT2D eigenvalue weighted by atomic mass is 10.1. The Morgan fingerprint density at radius 1 is 1.17 bits per heavy atom. The Bertz CT molecular complexity index is 457. The van der Waals surface area contributed by atoms with Crippen LogP contribution in [0.1, 0.15) is 11.1 Å². The fourth-order valence-electron chi connectivity index (χ4n) is 1.22. The fourth-order valence-corrected chi connectivity index (χ4v) is 1.29. The van der Waals surface area contributed by atoms with Gasteiger partial charge in [-0.3, -0.25) is 9.59 Å². The quantitative estimate of drug-likeness (QED) is 0.529. The molecule has 6 heteroatoms. The van der Waals surface area contributed by atoms with Gasteiger partial charge < -0.3 is 16.4 Å². The van der Waals surface area contributed by atoms with Gasteiger partial charge in [0.1, 0.15) is 0 Å². The average Bonchev–Trinajstić information content (AvgIpc) is 2.34. The smallest absolute Gasteiger partial charge is 0.309 e. The second-order valence-electron chi connectivity index (χ2n) is 3.82. The van der Waals surface area contributed by atoms with E-state index in [0.717, 1.165) is 11.1 Å². The lowest BCUT2D eigenvalue weighted by Gasteiger charge is -2.06. The van der Waals surface area contributed by atoms with E-state index in [1.165, 1.54) is 0 Å². The van der Waals surface area contributed by atoms with Gasteiger partial charge in [-0.05, 0) is 12.5 Å². The summed E-state index contributed by atoms with van der Waals surface area (Å²) in [6.07, 6.45) is 0. The average molecular weight is 265 g/mol. The summed E-state index contributed by atoms with van der Waals surface area (Å²) in [4.78, 5) is 22.8. The molecule has 18 heavy (non-hydrogen) atoms. The molecule has 0 fully saturated rings. The van der Waals surface area contributed by atoms with Crippen molar-refractivity contribution in [2.45, 2.75) is 13.5 Å². The maximum Gasteiger partial charge on any atom is 0.309 e. The minimum absolute atomic E-state index is 0.0200. The summed E-state index contributed by atoms with van der Waals surface area (Å²) in [5.41, 5.74) is 7.27. The number of hydrogen-bond donors (Lipinski definition) is 3. The molecule has 0 saturated carbocycles. The van der Waals surface area contributed by atoms with Gasteiger partial charge in [0.25, 0.3) is 0 Å². The van der Waals surface area contributed by atoms with Crippen molar-refractivity contribution in [2.24, 2.45) is 5.73 Å². The van der Waals surface area contributed by atoms with Gasteiger partial charge in [-0.15, -0.1) is 0 Å². The van der Waals surface area contributed by atoms with Gasteiger partial charge in [0, 0.05) is 6.54 Å². The highest BCUT2D eigenvalue weighted by Gasteiger charge is 2.12. The van der Waals surface area contributed by atoms with E-state index in [1.807, 2.05) is 31.2 Å². The molecule has 2 amide bonds. The van der Waals surface area contributed by atoms with Crippen LogP contribution >= 0.6 is 12.2 Å². The number of carbonyl (C=O) groups excluding carboxylic acids is 2. The van der Waals surface area contributed by atoms with Crippen LogP contribution in [-0.4, -0.2) is 23.3 Å². The zero-order chi connectivity index (χ0) is 13.5. The second kappa shape index (κ2) is 6.70. The summed E-state index contributed by atoms with van der Waals surface area (Å²) in [6, 6.07) is 7.66. The van der Waals surface area contributed by atoms with E-state index in [2.05, 4.69) is 22.9 Å². The maximum absolute atomic E-state index is 11.4. The second-order valence-corrected chi connectivity index (χ2v) is 4.34. The number of nitrogens with two attached hydrogens (primary N) is 1. The molecule has 1 aromatic rings. The molecule has 4 N–H and O–H groups in total. The van der Waals surface area contributed by atoms with Crippen LogP contribution in [-0.2, 0) is 16.1 Å². The van der Waals surface area contributed by atoms with Gasteiger partial charge in [-0.1, -0.05) is 42.0 Å². The molecule has 0 atom stereocenters. The molecule has 1 aromatic carbocycles. The van der Waals surface area contributed by atoms with Crippen LogP contribution in [0.4, 0.5) is 0 Å². The molecular formula is C12H15N3O2S. The summed E-state index contributed by atoms with van der Waals surface area (Å²) in [7, 11) is 0. The van der Waals surface area contributed by atoms with Gasteiger partial charge in [-0.2, -0.15) is 0 Å². The van der Waals surface area contributed by atoms with Crippen LogP contribution in [0.2, 0.25) is 0 Å². The predicted molar refractivity (Wildman–Crippen MR) is 72.8 cm³/mol. The van der Waals surface area contributed by atoms with E-state index in [0.29, 0.717) is 6.54 Å². The zero-order valence-electron chi connectivity index (χ0n) is 10.0. The van der Waals surface area contributed by atoms with Crippen molar-refractivity contribution >= 4 is 29.0 Å². The number of amides is 2. The van der Waals surface area contributed by atoms with E-state index < -0.39 is 11.8 Å². The standard InChI is InChI=1S/C12H15N3O2S/c1-8-2-4-9(5-3-8)6-14-11(16)12(17)15-7-10(13)18/h2-5H,6-7H2,1H3,(H2,13,18)(H,14,16)(H,15,17). The molecule has 0 spiro atoms. The monoisotopic (exact) mass is 265 g/mol. The molecule has 0 aromatic heterocycles. The maximum atomic E-state index is 11.4. The first-order valence-corrected chi connectivity index (χ1v) is 5.79. The summed E-state index contributed by atoms with van der Waals surface area (Å²) in [5.74, 6) is -1.44. The minimum atomic E-state index is -0.741. The summed E-state index contributed by atoms with van der Waals surface area (Å²) in [5, 5.41) is 4.82. The molecule has 0 aliphatic heterocycles. The lowest BCUT2D eigenvalue weighted by Crippen LogP contribution is -2.42. The van der Waals surface area contributed by atoms with Crippen LogP contribution in [0, 0.1) is 6.92 Å². The van der Waals surface area contributed by atoms with Gasteiger partial charge >= 0.3 is 11.8 Å². The first-order valence-electron chi connectivity index (χ1n) is 5.39. The van der Waals surface area contributed by atoms with Crippen molar-refractivity contribution in [3.05, 3.63) is 35.4 Å². The predicted octanol–water partition coefficient (Wildman–Crippen LogP) is 0.0135. The summed E-state index contributed by atoms with van der Waals surface area (Å²) >= 11 is 4.59. The first kappa shape index (κ1) is 14.1. The highest BCUT2D eigenvalue weighted by molar-refractivity contribution is 7.80. The number of carbonyl (C=O) groups is 2. The molecule has 0 radical (unpaired) electrons. The molecule has 0 saturated heterocycles. The van der Waals surface area contributed by atoms with Crippen molar-refractivity contribution in [1.82, 2.24) is 10.6 Å². The topological polar surface area (TPSA) is 84.2 Å². The zero-order valence-corrected chi connectivity index (χ0v) is 10.8. The van der Waals surface area contributed by atoms with E-state index in [9.17, 15) is 9.59 Å². The van der Waals surface area contributed by atoms with E-state index in [-0.39, 0.29) is 11.5 Å². The Kier molecular flexibility index (Phi) is 5.26. The van der Waals surface area contributed by atoms with Crippen LogP contribution in [0.25, 0.3) is 0 Å². The molecule has 5 nitrogen and oxygen atoms in total. The molecule has 0 heterocycles. The van der Waals surface area contributed by atoms with Crippen molar-refractivity contribution in [3.63, 3.8) is 0 Å². The first-order chi connectivity index (χ1) is 8.49. The molecule has 1 rings (SSSR count). The Labute approximate surface area is 111 Å². The molecule has 0 bridgehead atoms. The number of benzene rings is 1. The van der Waals surface area contributed by atoms with E-state index in [4.69, 9.17) is 5.73 Å². The Balaban J connectivity index is 2.38. The molecule has 0 aliphatic rings. The molecular weight excluding hydrogens is 250 g/mol. The van der Waals surface area contributed by atoms with Crippen LogP contribution in [0.5, 0.6) is 0 Å². The SMILES string of the molecule is Cc1ccc(CNC(=O)C(=O)NCC(N)=S)cc1. The summed E-state index contributed by atoms with van der Waals surface area (Å²) < 4.78 is 0. The number of nitrogens with one attached hydrogen (secondary N) is 2. The number of thiocarbonyl (C=S) groups is 1. The van der Waals surface area contributed by atoms with Crippen LogP contribution in [0.3, 0.4) is 0 Å². The van der Waals surface area contributed by atoms with Crippen LogP contribution in [0.15, 0.2) is 24.3 Å². The van der Waals surface area contributed by atoms with Crippen molar-refractivity contribution in [3.8, 4) is 0 Å². The largest absolute Gasteiger partial charge is 0.392 e. The highest BCUT2D eigenvalue weighted by atomic mass is 32.1. The Morgan fingerprint density at radius 3 is 2.28 bits per heavy atom. The van der Waals surface area contributed by atoms with Gasteiger partial charge in [-0.25, -0.2) is 0 Å². The minimum Gasteiger partial charge on any atom is -0.392 e. The number of aryl methyl sites for hydroxylation is 1. The van der Waals surface area contributed by atoms with Crippen molar-refractivity contribution < 1.29 is 9.59 Å². The van der Waals surface area contributed by atoms with Gasteiger partial charge in [0.15, 0.2) is 0 Å². The van der Waals surface area contributed by atoms with Crippen LogP contribution < -0.4 is 16.4 Å². The van der Waals surface area contributed by atoms with E-state index >= 15 is 0 Å². The number of rotatable bonds is 4. The Morgan fingerprint density at radius 2 is 1.72 bits per heavy atom. The van der Waals surface area contributed by atoms with Gasteiger partial charge in [0.2, 0.25) is 0 Å². The molecule has 0 aliphatic carbocycles. The molecule has 0 unspecified atom stereocenters. The van der Waals surface area contributed by atoms with Crippen molar-refractivity contribution in [2.75, 3.05) is 6.54 Å². The van der Waals surface area contributed by atoms with E-state index in [1.54, 1.807) is 0 Å². The summed E-state index contributed by atoms with van der Waals surface area (Å²) in [6.45, 7) is 2.30. The van der Waals surface area contributed by atoms with Crippen molar-refractivity contribution in [1.29, 1.82) is 0 Å².